The minimum Gasteiger partial charge on any atom is -0.353 e. The standard InChI is InChI=1S/C37H45N7O/c1-22-13-23(2)15-26(14-22)34-33(24(3)18-38-12-11-25-16-30-35(40-19-25)43(6)21-41-30)29-17-32(39-20-31(29)42-34)37(4,5)36(45)44-27-7-8-28(44)10-9-27/h13-17,19-21,24,27-28,38,42H,7-12,18H2,1-6H3. The largest absolute Gasteiger partial charge is 0.353 e. The normalized spacial score (nSPS) is 18.8. The number of carbonyl (C=O) groups excluding carboxylic acids is 1. The molecule has 4 aromatic heterocycles. The van der Waals surface area contributed by atoms with Crippen molar-refractivity contribution in [2.75, 3.05) is 13.1 Å². The molecule has 8 nitrogen and oxygen atoms in total. The molecule has 7 rings (SSSR count). The molecule has 234 valence electrons. The molecular formula is C37H45N7O. The number of benzene rings is 1. The van der Waals surface area contributed by atoms with E-state index in [1.54, 1.807) is 0 Å². The number of H-pyrrole nitrogens is 1. The number of imidazole rings is 1. The summed E-state index contributed by atoms with van der Waals surface area (Å²) < 4.78 is 1.95. The zero-order valence-corrected chi connectivity index (χ0v) is 27.4. The van der Waals surface area contributed by atoms with Gasteiger partial charge in [-0.05, 0) is 113 Å². The highest BCUT2D eigenvalue weighted by molar-refractivity contribution is 5.94. The zero-order chi connectivity index (χ0) is 31.5. The molecule has 8 heteroatoms. The van der Waals surface area contributed by atoms with Gasteiger partial charge in [-0.25, -0.2) is 9.97 Å². The van der Waals surface area contributed by atoms with E-state index >= 15 is 0 Å². The third-order valence-electron chi connectivity index (χ3n) is 10.2. The van der Waals surface area contributed by atoms with Crippen LogP contribution in [0, 0.1) is 13.8 Å². The zero-order valence-electron chi connectivity index (χ0n) is 27.4. The van der Waals surface area contributed by atoms with E-state index in [4.69, 9.17) is 4.98 Å². The van der Waals surface area contributed by atoms with Crippen molar-refractivity contribution in [3.63, 3.8) is 0 Å². The lowest BCUT2D eigenvalue weighted by Crippen LogP contribution is -2.46. The van der Waals surface area contributed by atoms with Gasteiger partial charge in [0.1, 0.15) is 5.52 Å². The molecule has 1 unspecified atom stereocenters. The van der Waals surface area contributed by atoms with Crippen molar-refractivity contribution >= 4 is 28.0 Å². The minimum absolute atomic E-state index is 0.217. The lowest BCUT2D eigenvalue weighted by Gasteiger charge is -2.32. The highest BCUT2D eigenvalue weighted by Gasteiger charge is 2.47. The number of rotatable bonds is 9. The van der Waals surface area contributed by atoms with Crippen LogP contribution in [0.1, 0.15) is 80.3 Å². The number of fused-ring (bicyclic) bond motifs is 4. The lowest BCUT2D eigenvalue weighted by atomic mass is 9.85. The summed E-state index contributed by atoms with van der Waals surface area (Å²) in [5.41, 5.74) is 10.2. The molecule has 45 heavy (non-hydrogen) atoms. The SMILES string of the molecule is Cc1cc(C)cc(-c2[nH]c3cnc(C(C)(C)C(=O)N4C5CCC4CC5)cc3c2C(C)CNCCc2cnc3c(c2)ncn3C)c1. The minimum atomic E-state index is -0.696. The Bertz CT molecular complexity index is 1860. The Hall–Kier alpha value is -4.04. The van der Waals surface area contributed by atoms with Gasteiger partial charge in [-0.2, -0.15) is 0 Å². The Labute approximate surface area is 265 Å². The topological polar surface area (TPSA) is 91.7 Å². The van der Waals surface area contributed by atoms with Crippen LogP contribution < -0.4 is 5.32 Å². The van der Waals surface area contributed by atoms with Crippen LogP contribution in [0.3, 0.4) is 0 Å². The van der Waals surface area contributed by atoms with Crippen molar-refractivity contribution in [3.8, 4) is 11.3 Å². The predicted octanol–water partition coefficient (Wildman–Crippen LogP) is 6.50. The Kier molecular flexibility index (Phi) is 7.51. The van der Waals surface area contributed by atoms with E-state index in [1.807, 2.05) is 30.3 Å². The number of hydrogen-bond donors (Lipinski definition) is 2. The molecule has 2 bridgehead atoms. The molecule has 6 heterocycles. The Balaban J connectivity index is 1.18. The van der Waals surface area contributed by atoms with Gasteiger partial charge in [0.25, 0.3) is 0 Å². The fourth-order valence-electron chi connectivity index (χ4n) is 7.84. The van der Waals surface area contributed by atoms with Crippen LogP contribution in [0.2, 0.25) is 0 Å². The number of pyridine rings is 2. The van der Waals surface area contributed by atoms with Crippen LogP contribution in [-0.4, -0.2) is 60.5 Å². The molecule has 0 aliphatic carbocycles. The molecule has 2 aliphatic heterocycles. The Morgan fingerprint density at radius 3 is 2.42 bits per heavy atom. The van der Waals surface area contributed by atoms with Crippen LogP contribution in [0.4, 0.5) is 0 Å². The molecule has 2 fully saturated rings. The van der Waals surface area contributed by atoms with Gasteiger partial charge in [0.15, 0.2) is 5.65 Å². The van der Waals surface area contributed by atoms with Crippen molar-refractivity contribution < 1.29 is 4.79 Å². The van der Waals surface area contributed by atoms with Gasteiger partial charge >= 0.3 is 0 Å². The first-order valence-corrected chi connectivity index (χ1v) is 16.5. The summed E-state index contributed by atoms with van der Waals surface area (Å²) >= 11 is 0. The summed E-state index contributed by atoms with van der Waals surface area (Å²) in [4.78, 5) is 33.9. The molecule has 2 aliphatic rings. The summed E-state index contributed by atoms with van der Waals surface area (Å²) in [5.74, 6) is 0.438. The average molecular weight is 604 g/mol. The van der Waals surface area contributed by atoms with Crippen molar-refractivity contribution in [1.82, 2.24) is 34.7 Å². The van der Waals surface area contributed by atoms with Crippen LogP contribution in [0.15, 0.2) is 49.1 Å². The summed E-state index contributed by atoms with van der Waals surface area (Å²) in [7, 11) is 1.97. The number of amides is 1. The summed E-state index contributed by atoms with van der Waals surface area (Å²) in [6, 6.07) is 11.9. The van der Waals surface area contributed by atoms with Crippen molar-refractivity contribution in [2.24, 2.45) is 7.05 Å². The fraction of sp³-hybridized carbons (Fsp3) is 0.459. The first-order valence-electron chi connectivity index (χ1n) is 16.5. The maximum atomic E-state index is 14.0. The Morgan fingerprint density at radius 1 is 1.00 bits per heavy atom. The maximum Gasteiger partial charge on any atom is 0.234 e. The van der Waals surface area contributed by atoms with Crippen molar-refractivity contribution in [2.45, 2.75) is 90.1 Å². The van der Waals surface area contributed by atoms with Gasteiger partial charge in [-0.3, -0.25) is 9.78 Å². The smallest absolute Gasteiger partial charge is 0.234 e. The summed E-state index contributed by atoms with van der Waals surface area (Å²) in [5, 5.41) is 4.87. The van der Waals surface area contributed by atoms with Crippen LogP contribution in [-0.2, 0) is 23.7 Å². The van der Waals surface area contributed by atoms with Gasteiger partial charge in [-0.15, -0.1) is 0 Å². The second-order valence-electron chi connectivity index (χ2n) is 14.1. The number of aryl methyl sites for hydroxylation is 3. The number of nitrogens with zero attached hydrogens (tertiary/aromatic N) is 5. The second-order valence-corrected chi connectivity index (χ2v) is 14.1. The predicted molar refractivity (Wildman–Crippen MR) is 180 cm³/mol. The summed E-state index contributed by atoms with van der Waals surface area (Å²) in [6.07, 6.45) is 11.1. The molecule has 1 atom stereocenters. The number of aromatic nitrogens is 5. The van der Waals surface area contributed by atoms with Gasteiger partial charge in [-0.1, -0.05) is 24.1 Å². The molecule has 0 radical (unpaired) electrons. The van der Waals surface area contributed by atoms with E-state index in [9.17, 15) is 4.79 Å². The number of aromatic amines is 1. The maximum absolute atomic E-state index is 14.0. The molecule has 1 aromatic carbocycles. The van der Waals surface area contributed by atoms with Crippen molar-refractivity contribution in [3.05, 3.63) is 77.0 Å². The third-order valence-corrected chi connectivity index (χ3v) is 10.2. The molecule has 0 spiro atoms. The van der Waals surface area contributed by atoms with E-state index in [0.717, 1.165) is 78.6 Å². The number of carbonyl (C=O) groups is 1. The monoisotopic (exact) mass is 603 g/mol. The summed E-state index contributed by atoms with van der Waals surface area (Å²) in [6.45, 7) is 12.4. The highest BCUT2D eigenvalue weighted by Crippen LogP contribution is 2.42. The second kappa shape index (κ2) is 11.4. The highest BCUT2D eigenvalue weighted by atomic mass is 16.2. The third kappa shape index (κ3) is 5.33. The average Bonchev–Trinajstić information content (AvgIpc) is 3.80. The van der Waals surface area contributed by atoms with Crippen molar-refractivity contribution in [1.29, 1.82) is 0 Å². The van der Waals surface area contributed by atoms with E-state index < -0.39 is 5.41 Å². The van der Waals surface area contributed by atoms with Gasteiger partial charge in [0, 0.05) is 37.3 Å². The van der Waals surface area contributed by atoms with E-state index in [-0.39, 0.29) is 11.8 Å². The molecule has 2 saturated heterocycles. The Morgan fingerprint density at radius 2 is 1.71 bits per heavy atom. The fourth-order valence-corrected chi connectivity index (χ4v) is 7.84. The van der Waals surface area contributed by atoms with Gasteiger partial charge < -0.3 is 19.8 Å². The van der Waals surface area contributed by atoms with Gasteiger partial charge in [0.2, 0.25) is 5.91 Å². The molecule has 5 aromatic rings. The van der Waals surface area contributed by atoms with Crippen LogP contribution in [0.25, 0.3) is 33.3 Å². The first-order chi connectivity index (χ1) is 21.6. The van der Waals surface area contributed by atoms with Crippen LogP contribution in [0.5, 0.6) is 0 Å². The first kappa shape index (κ1) is 29.7. The van der Waals surface area contributed by atoms with E-state index in [0.29, 0.717) is 12.1 Å². The molecule has 0 saturated carbocycles. The lowest BCUT2D eigenvalue weighted by molar-refractivity contribution is -0.137. The number of hydrogen-bond acceptors (Lipinski definition) is 5. The molecular weight excluding hydrogens is 558 g/mol. The molecule has 1 amide bonds. The van der Waals surface area contributed by atoms with E-state index in [1.165, 1.54) is 27.8 Å². The quantitative estimate of drug-likeness (QED) is 0.188. The van der Waals surface area contributed by atoms with Crippen LogP contribution >= 0.6 is 0 Å². The molecule has 2 N–H and O–H groups in total. The number of nitrogens with one attached hydrogen (secondary N) is 2. The van der Waals surface area contributed by atoms with Gasteiger partial charge in [0.05, 0.1) is 34.8 Å². The van der Waals surface area contributed by atoms with E-state index in [2.05, 4.69) is 90.1 Å².